The summed E-state index contributed by atoms with van der Waals surface area (Å²) >= 11 is 0. The fourth-order valence-electron chi connectivity index (χ4n) is 3.41. The molecular formula is C20H29N3O6P2. The minimum absolute atomic E-state index is 0.0661. The van der Waals surface area contributed by atoms with E-state index in [1.54, 1.807) is 38.6 Å². The molecule has 0 spiro atoms. The van der Waals surface area contributed by atoms with E-state index in [1.807, 2.05) is 30.3 Å². The van der Waals surface area contributed by atoms with Gasteiger partial charge in [0, 0.05) is 10.8 Å². The molecule has 170 valence electrons. The first-order chi connectivity index (χ1) is 14.9. The highest BCUT2D eigenvalue weighted by atomic mass is 31.2. The summed E-state index contributed by atoms with van der Waals surface area (Å²) < 4.78 is 51.2. The van der Waals surface area contributed by atoms with E-state index in [0.29, 0.717) is 5.65 Å². The van der Waals surface area contributed by atoms with Crippen LogP contribution in [0.2, 0.25) is 0 Å². The van der Waals surface area contributed by atoms with Gasteiger partial charge in [-0.3, -0.25) is 9.13 Å². The van der Waals surface area contributed by atoms with Gasteiger partial charge >= 0.3 is 15.2 Å². The molecule has 0 amide bonds. The number of rotatable bonds is 12. The van der Waals surface area contributed by atoms with Crippen molar-refractivity contribution in [3.63, 3.8) is 0 Å². The van der Waals surface area contributed by atoms with Crippen molar-refractivity contribution in [2.24, 2.45) is 0 Å². The Labute approximate surface area is 182 Å². The second-order valence-electron chi connectivity index (χ2n) is 6.65. The highest BCUT2D eigenvalue weighted by Crippen LogP contribution is 2.70. The molecule has 0 saturated heterocycles. The lowest BCUT2D eigenvalue weighted by Crippen LogP contribution is -2.23. The van der Waals surface area contributed by atoms with Crippen molar-refractivity contribution in [3.05, 3.63) is 36.5 Å². The molecular weight excluding hydrogens is 440 g/mol. The molecule has 2 heterocycles. The van der Waals surface area contributed by atoms with E-state index in [1.165, 1.54) is 0 Å². The Balaban J connectivity index is 2.12. The second kappa shape index (κ2) is 10.3. The van der Waals surface area contributed by atoms with Crippen molar-refractivity contribution < 1.29 is 27.2 Å². The van der Waals surface area contributed by atoms with Gasteiger partial charge in [0.1, 0.15) is 0 Å². The molecule has 0 N–H and O–H groups in total. The largest absolute Gasteiger partial charge is 0.347 e. The van der Waals surface area contributed by atoms with Crippen LogP contribution < -0.4 is 0 Å². The summed E-state index contributed by atoms with van der Waals surface area (Å²) in [5, 5.41) is 5.01. The van der Waals surface area contributed by atoms with Crippen LogP contribution in [0.15, 0.2) is 36.5 Å². The summed E-state index contributed by atoms with van der Waals surface area (Å²) in [4.78, 5) is 4.70. The van der Waals surface area contributed by atoms with Crippen molar-refractivity contribution in [1.29, 1.82) is 0 Å². The van der Waals surface area contributed by atoms with Crippen LogP contribution in [0.4, 0.5) is 0 Å². The Morgan fingerprint density at radius 1 is 0.871 bits per heavy atom. The summed E-state index contributed by atoms with van der Waals surface area (Å²) in [5.41, 5.74) is 1.37. The lowest BCUT2D eigenvalue weighted by molar-refractivity contribution is 0.192. The molecule has 0 bridgehead atoms. The lowest BCUT2D eigenvalue weighted by Gasteiger charge is -2.31. The Morgan fingerprint density at radius 2 is 1.42 bits per heavy atom. The lowest BCUT2D eigenvalue weighted by atomic mass is 10.2. The number of para-hydroxylation sites is 1. The summed E-state index contributed by atoms with van der Waals surface area (Å²) in [6.45, 7) is 7.21. The molecule has 0 radical (unpaired) electrons. The summed E-state index contributed by atoms with van der Waals surface area (Å²) in [6, 6.07) is 9.70. The average molecular weight is 469 g/mol. The number of nitrogens with zero attached hydrogens (tertiary/aromatic N) is 3. The van der Waals surface area contributed by atoms with Gasteiger partial charge in [-0.15, -0.1) is 0 Å². The first-order valence-electron chi connectivity index (χ1n) is 10.4. The number of benzene rings is 1. The Morgan fingerprint density at radius 3 is 1.97 bits per heavy atom. The zero-order valence-electron chi connectivity index (χ0n) is 18.3. The maximum absolute atomic E-state index is 13.7. The maximum Gasteiger partial charge on any atom is 0.347 e. The first kappa shape index (κ1) is 24.1. The zero-order chi connectivity index (χ0) is 22.5. The normalized spacial score (nSPS) is 12.9. The van der Waals surface area contributed by atoms with E-state index >= 15 is 0 Å². The average Bonchev–Trinajstić information content (AvgIpc) is 3.12. The van der Waals surface area contributed by atoms with Gasteiger partial charge in [0.2, 0.25) is 0 Å². The van der Waals surface area contributed by atoms with E-state index in [0.717, 1.165) is 16.3 Å². The Hall–Kier alpha value is -1.60. The summed E-state index contributed by atoms with van der Waals surface area (Å²) in [7, 11) is -7.76. The van der Waals surface area contributed by atoms with Crippen LogP contribution in [0.3, 0.4) is 0 Å². The molecule has 11 heteroatoms. The fraction of sp³-hybridized carbons (Fsp3) is 0.500. The number of hydrogen-bond donors (Lipinski definition) is 0. The van der Waals surface area contributed by atoms with Crippen molar-refractivity contribution in [3.8, 4) is 0 Å². The quantitative estimate of drug-likeness (QED) is 0.323. The van der Waals surface area contributed by atoms with Crippen molar-refractivity contribution in [1.82, 2.24) is 14.8 Å². The van der Waals surface area contributed by atoms with Crippen molar-refractivity contribution >= 4 is 37.1 Å². The predicted octanol–water partition coefficient (Wildman–Crippen LogP) is 5.44. The SMILES string of the molecule is CCOP(=O)(OCC)C(Cn1ncc2cc3ccccc3nc21)P(=O)(OCC)OCC. The van der Waals surface area contributed by atoms with E-state index in [2.05, 4.69) is 5.10 Å². The third kappa shape index (κ3) is 5.08. The highest BCUT2D eigenvalue weighted by Gasteiger charge is 2.51. The van der Waals surface area contributed by atoms with Crippen LogP contribution in [0.25, 0.3) is 21.9 Å². The Kier molecular flexibility index (Phi) is 8.03. The number of aromatic nitrogens is 3. The molecule has 0 fully saturated rings. The molecule has 0 atom stereocenters. The topological polar surface area (TPSA) is 102 Å². The monoisotopic (exact) mass is 469 g/mol. The van der Waals surface area contributed by atoms with Crippen LogP contribution in [-0.4, -0.2) is 46.6 Å². The van der Waals surface area contributed by atoms with Crippen molar-refractivity contribution in [2.75, 3.05) is 26.4 Å². The predicted molar refractivity (Wildman–Crippen MR) is 121 cm³/mol. The minimum atomic E-state index is -3.88. The van der Waals surface area contributed by atoms with Gasteiger partial charge in [-0.2, -0.15) is 5.10 Å². The Bertz CT molecular complexity index is 1070. The van der Waals surface area contributed by atoms with Gasteiger partial charge in [0.25, 0.3) is 0 Å². The van der Waals surface area contributed by atoms with Gasteiger partial charge in [-0.1, -0.05) is 18.2 Å². The zero-order valence-corrected chi connectivity index (χ0v) is 20.1. The van der Waals surface area contributed by atoms with E-state index in [-0.39, 0.29) is 33.0 Å². The smallest absolute Gasteiger partial charge is 0.308 e. The van der Waals surface area contributed by atoms with Gasteiger partial charge < -0.3 is 18.1 Å². The molecule has 0 aliphatic heterocycles. The first-order valence-corrected chi connectivity index (χ1v) is 13.6. The molecule has 3 rings (SSSR count). The fourth-order valence-corrected chi connectivity index (χ4v) is 8.58. The molecule has 0 aliphatic rings. The van der Waals surface area contributed by atoms with Crippen LogP contribution >= 0.6 is 15.2 Å². The number of fused-ring (bicyclic) bond motifs is 2. The summed E-state index contributed by atoms with van der Waals surface area (Å²) in [6.07, 6.45) is 1.67. The van der Waals surface area contributed by atoms with E-state index < -0.39 is 20.6 Å². The van der Waals surface area contributed by atoms with Crippen LogP contribution in [0, 0.1) is 0 Å². The van der Waals surface area contributed by atoms with Gasteiger partial charge in [-0.05, 0) is 39.8 Å². The molecule has 0 unspecified atom stereocenters. The van der Waals surface area contributed by atoms with Crippen LogP contribution in [0.1, 0.15) is 27.7 Å². The molecule has 9 nitrogen and oxygen atoms in total. The van der Waals surface area contributed by atoms with Gasteiger partial charge in [-0.25, -0.2) is 9.67 Å². The standard InChI is InChI=1S/C20H29N3O6P2/c1-5-26-30(24,27-6-2)19(31(25,28-7-3)29-8-4)15-23-20-17(14-21-23)13-16-11-9-10-12-18(16)22-20/h9-14,19H,5-8,15H2,1-4H3. The molecule has 31 heavy (non-hydrogen) atoms. The minimum Gasteiger partial charge on any atom is -0.308 e. The number of hydrogen-bond acceptors (Lipinski definition) is 8. The molecule has 2 aromatic heterocycles. The van der Waals surface area contributed by atoms with Crippen LogP contribution in [0.5, 0.6) is 0 Å². The third-order valence-electron chi connectivity index (χ3n) is 4.62. The van der Waals surface area contributed by atoms with E-state index in [4.69, 9.17) is 23.1 Å². The van der Waals surface area contributed by atoms with Crippen LogP contribution in [-0.2, 0) is 33.8 Å². The molecule has 0 aliphatic carbocycles. The van der Waals surface area contributed by atoms with E-state index in [9.17, 15) is 9.13 Å². The van der Waals surface area contributed by atoms with Gasteiger partial charge in [0.15, 0.2) is 11.0 Å². The highest BCUT2D eigenvalue weighted by molar-refractivity contribution is 7.72. The summed E-state index contributed by atoms with van der Waals surface area (Å²) in [5.74, 6) is 0. The van der Waals surface area contributed by atoms with Gasteiger partial charge in [0.05, 0.1) is 44.7 Å². The molecule has 3 aromatic rings. The third-order valence-corrected chi connectivity index (χ3v) is 10.6. The second-order valence-corrected chi connectivity index (χ2v) is 11.5. The maximum atomic E-state index is 13.7. The molecule has 1 aromatic carbocycles. The number of pyridine rings is 1. The molecule has 0 saturated carbocycles. The van der Waals surface area contributed by atoms with Crippen molar-refractivity contribution in [2.45, 2.75) is 39.6 Å².